The topological polar surface area (TPSA) is 51.0 Å². The van der Waals surface area contributed by atoms with Crippen molar-refractivity contribution in [2.75, 3.05) is 6.54 Å². The van der Waals surface area contributed by atoms with E-state index in [1.54, 1.807) is 0 Å². The maximum atomic E-state index is 5.57. The Hall–Kier alpha value is -1.42. The quantitative estimate of drug-likeness (QED) is 0.857. The average Bonchev–Trinajstić information content (AvgIpc) is 2.58. The monoisotopic (exact) mass is 219 g/mol. The Kier molecular flexibility index (Phi) is 3.19. The van der Waals surface area contributed by atoms with Crippen molar-refractivity contribution in [3.63, 3.8) is 0 Å². The van der Waals surface area contributed by atoms with Crippen LogP contribution in [0, 0.1) is 12.8 Å². The van der Waals surface area contributed by atoms with Crippen LogP contribution >= 0.6 is 0 Å². The minimum absolute atomic E-state index is 0.629. The molecule has 86 valence electrons. The van der Waals surface area contributed by atoms with Gasteiger partial charge in [-0.25, -0.2) is 4.98 Å². The number of nitrogens with zero attached hydrogens (tertiary/aromatic N) is 2. The number of fused-ring (bicyclic) bond motifs is 1. The first-order valence-electron chi connectivity index (χ1n) is 5.59. The fourth-order valence-electron chi connectivity index (χ4n) is 1.50. The number of pyridine rings is 1. The zero-order valence-corrected chi connectivity index (χ0v) is 9.95. The van der Waals surface area contributed by atoms with E-state index in [0.29, 0.717) is 24.0 Å². The number of hydrogen-bond donors (Lipinski definition) is 1. The molecule has 1 N–H and O–H groups in total. The van der Waals surface area contributed by atoms with E-state index in [4.69, 9.17) is 4.42 Å². The second-order valence-corrected chi connectivity index (χ2v) is 4.41. The van der Waals surface area contributed by atoms with Crippen LogP contribution in [-0.4, -0.2) is 16.5 Å². The van der Waals surface area contributed by atoms with E-state index < -0.39 is 0 Å². The van der Waals surface area contributed by atoms with E-state index in [-0.39, 0.29) is 0 Å². The van der Waals surface area contributed by atoms with Crippen molar-refractivity contribution in [1.82, 2.24) is 15.3 Å². The highest BCUT2D eigenvalue weighted by atomic mass is 16.3. The maximum Gasteiger partial charge on any atom is 0.211 e. The van der Waals surface area contributed by atoms with Gasteiger partial charge in [0.15, 0.2) is 11.2 Å². The molecule has 0 aliphatic heterocycles. The van der Waals surface area contributed by atoms with Crippen LogP contribution in [0.3, 0.4) is 0 Å². The van der Waals surface area contributed by atoms with E-state index >= 15 is 0 Å². The average molecular weight is 219 g/mol. The third kappa shape index (κ3) is 2.58. The molecule has 0 aromatic carbocycles. The molecule has 2 rings (SSSR count). The minimum atomic E-state index is 0.629. The smallest absolute Gasteiger partial charge is 0.211 e. The first kappa shape index (κ1) is 11.1. The summed E-state index contributed by atoms with van der Waals surface area (Å²) in [6, 6.07) is 3.84. The summed E-state index contributed by atoms with van der Waals surface area (Å²) in [6.45, 7) is 7.91. The molecule has 0 spiro atoms. The van der Waals surface area contributed by atoms with Gasteiger partial charge in [0, 0.05) is 5.69 Å². The zero-order chi connectivity index (χ0) is 11.5. The van der Waals surface area contributed by atoms with Gasteiger partial charge in [-0.3, -0.25) is 0 Å². The lowest BCUT2D eigenvalue weighted by atomic mass is 10.2. The molecule has 0 aliphatic rings. The van der Waals surface area contributed by atoms with Crippen molar-refractivity contribution < 1.29 is 4.42 Å². The van der Waals surface area contributed by atoms with Gasteiger partial charge >= 0.3 is 0 Å². The molecule has 0 saturated carbocycles. The highest BCUT2D eigenvalue weighted by Crippen LogP contribution is 2.13. The summed E-state index contributed by atoms with van der Waals surface area (Å²) in [7, 11) is 0. The molecule has 2 heterocycles. The Morgan fingerprint density at radius 3 is 2.88 bits per heavy atom. The molecule has 0 unspecified atom stereocenters. The standard InChI is InChI=1S/C12H17N3O/c1-8(2)6-13-7-11-15-12-10(16-11)5-4-9(3)14-12/h4-5,8,13H,6-7H2,1-3H3. The number of oxazole rings is 1. The first-order chi connectivity index (χ1) is 7.65. The minimum Gasteiger partial charge on any atom is -0.438 e. The molecule has 0 saturated heterocycles. The second-order valence-electron chi connectivity index (χ2n) is 4.41. The van der Waals surface area contributed by atoms with Crippen LogP contribution in [0.5, 0.6) is 0 Å². The summed E-state index contributed by atoms with van der Waals surface area (Å²) < 4.78 is 5.57. The molecule has 16 heavy (non-hydrogen) atoms. The van der Waals surface area contributed by atoms with Crippen molar-refractivity contribution in [1.29, 1.82) is 0 Å². The molecule has 0 fully saturated rings. The highest BCUT2D eigenvalue weighted by Gasteiger charge is 2.06. The van der Waals surface area contributed by atoms with Crippen LogP contribution in [0.25, 0.3) is 11.2 Å². The summed E-state index contributed by atoms with van der Waals surface area (Å²) in [5, 5.41) is 3.29. The third-order valence-electron chi connectivity index (χ3n) is 2.27. The fourth-order valence-corrected chi connectivity index (χ4v) is 1.50. The first-order valence-corrected chi connectivity index (χ1v) is 5.59. The summed E-state index contributed by atoms with van der Waals surface area (Å²) in [4.78, 5) is 8.64. The van der Waals surface area contributed by atoms with E-state index in [0.717, 1.165) is 17.8 Å². The van der Waals surface area contributed by atoms with Gasteiger partial charge in [0.25, 0.3) is 0 Å². The number of aromatic nitrogens is 2. The van der Waals surface area contributed by atoms with Crippen LogP contribution in [0.4, 0.5) is 0 Å². The Morgan fingerprint density at radius 2 is 2.12 bits per heavy atom. The second kappa shape index (κ2) is 4.61. The van der Waals surface area contributed by atoms with Crippen molar-refractivity contribution in [2.24, 2.45) is 5.92 Å². The molecule has 0 atom stereocenters. The van der Waals surface area contributed by atoms with Crippen LogP contribution in [0.2, 0.25) is 0 Å². The number of hydrogen-bond acceptors (Lipinski definition) is 4. The summed E-state index contributed by atoms with van der Waals surface area (Å²) in [5.41, 5.74) is 2.41. The lowest BCUT2D eigenvalue weighted by Gasteiger charge is -2.03. The van der Waals surface area contributed by atoms with Gasteiger partial charge in [0.2, 0.25) is 5.89 Å². The molecule has 4 heteroatoms. The fraction of sp³-hybridized carbons (Fsp3) is 0.500. The van der Waals surface area contributed by atoms with Gasteiger partial charge in [0.05, 0.1) is 6.54 Å². The van der Waals surface area contributed by atoms with E-state index in [9.17, 15) is 0 Å². The predicted molar refractivity (Wildman–Crippen MR) is 63.1 cm³/mol. The molecule has 2 aromatic rings. The molecular weight excluding hydrogens is 202 g/mol. The SMILES string of the molecule is Cc1ccc2oc(CNCC(C)C)nc2n1. The van der Waals surface area contributed by atoms with Crippen LogP contribution in [0.15, 0.2) is 16.5 Å². The molecule has 2 aromatic heterocycles. The number of aryl methyl sites for hydroxylation is 1. The highest BCUT2D eigenvalue weighted by molar-refractivity contribution is 5.67. The largest absolute Gasteiger partial charge is 0.438 e. The zero-order valence-electron chi connectivity index (χ0n) is 9.95. The van der Waals surface area contributed by atoms with Crippen molar-refractivity contribution in [2.45, 2.75) is 27.3 Å². The summed E-state index contributed by atoms with van der Waals surface area (Å²) in [5.74, 6) is 1.33. The van der Waals surface area contributed by atoms with Gasteiger partial charge in [-0.05, 0) is 31.5 Å². The molecular formula is C12H17N3O. The van der Waals surface area contributed by atoms with Gasteiger partial charge < -0.3 is 9.73 Å². The van der Waals surface area contributed by atoms with Gasteiger partial charge in [0.1, 0.15) is 0 Å². The third-order valence-corrected chi connectivity index (χ3v) is 2.27. The van der Waals surface area contributed by atoms with Gasteiger partial charge in [-0.1, -0.05) is 13.8 Å². The predicted octanol–water partition coefficient (Wildman–Crippen LogP) is 2.28. The normalized spacial score (nSPS) is 11.5. The van der Waals surface area contributed by atoms with E-state index in [2.05, 4.69) is 29.1 Å². The van der Waals surface area contributed by atoms with Crippen LogP contribution < -0.4 is 5.32 Å². The Labute approximate surface area is 95.1 Å². The van der Waals surface area contributed by atoms with Crippen molar-refractivity contribution in [3.05, 3.63) is 23.7 Å². The van der Waals surface area contributed by atoms with Crippen molar-refractivity contribution in [3.8, 4) is 0 Å². The summed E-state index contributed by atoms with van der Waals surface area (Å²) in [6.07, 6.45) is 0. The van der Waals surface area contributed by atoms with Crippen LogP contribution in [0.1, 0.15) is 25.4 Å². The van der Waals surface area contributed by atoms with Gasteiger partial charge in [-0.2, -0.15) is 4.98 Å². The molecule has 0 bridgehead atoms. The van der Waals surface area contributed by atoms with Gasteiger partial charge in [-0.15, -0.1) is 0 Å². The Bertz CT molecular complexity index is 476. The van der Waals surface area contributed by atoms with Crippen molar-refractivity contribution >= 4 is 11.2 Å². The maximum absolute atomic E-state index is 5.57. The molecule has 0 aliphatic carbocycles. The van der Waals surface area contributed by atoms with E-state index in [1.807, 2.05) is 19.1 Å². The Balaban J connectivity index is 2.08. The lowest BCUT2D eigenvalue weighted by molar-refractivity contribution is 0.471. The lowest BCUT2D eigenvalue weighted by Crippen LogP contribution is -2.19. The van der Waals surface area contributed by atoms with Crippen LogP contribution in [-0.2, 0) is 6.54 Å². The summed E-state index contributed by atoms with van der Waals surface area (Å²) >= 11 is 0. The van der Waals surface area contributed by atoms with E-state index in [1.165, 1.54) is 0 Å². The molecule has 4 nitrogen and oxygen atoms in total. The molecule has 0 amide bonds. The Morgan fingerprint density at radius 1 is 1.31 bits per heavy atom. The number of rotatable bonds is 4. The molecule has 0 radical (unpaired) electrons. The number of nitrogens with one attached hydrogen (secondary N) is 1.